The molecule has 0 heterocycles. The molecule has 16 nitrogen and oxygen atoms in total. The second-order valence-corrected chi connectivity index (χ2v) is 12.3. The molecular formula is C31H42N5O11S-3. The lowest BCUT2D eigenvalue weighted by atomic mass is 10.00. The van der Waals surface area contributed by atoms with Crippen LogP contribution in [0.3, 0.4) is 0 Å². The molecule has 0 spiro atoms. The van der Waals surface area contributed by atoms with Crippen LogP contribution in [-0.2, 0) is 44.8 Å². The molecule has 0 radical (unpaired) electrons. The maximum Gasteiger partial charge on any atom is 0.243 e. The smallest absolute Gasteiger partial charge is 0.243 e. The zero-order chi connectivity index (χ0) is 36.4. The normalized spacial score (nSPS) is 13.9. The Balaban J connectivity index is 3.21. The number of carbonyl (C=O) groups excluding carboxylic acids is 8. The van der Waals surface area contributed by atoms with Crippen LogP contribution in [0.1, 0.15) is 58.4 Å². The second-order valence-electron chi connectivity index (χ2n) is 11.3. The molecule has 0 unspecified atom stereocenters. The minimum absolute atomic E-state index is 0.114. The minimum atomic E-state index is -1.62. The van der Waals surface area contributed by atoms with Crippen molar-refractivity contribution in [2.45, 2.75) is 89.5 Å². The summed E-state index contributed by atoms with van der Waals surface area (Å²) in [7, 11) is 0. The van der Waals surface area contributed by atoms with Gasteiger partial charge in [-0.15, -0.1) is 0 Å². The highest BCUT2D eigenvalue weighted by atomic mass is 32.2. The van der Waals surface area contributed by atoms with Crippen molar-refractivity contribution in [1.29, 1.82) is 0 Å². The molecule has 0 aliphatic carbocycles. The van der Waals surface area contributed by atoms with Crippen LogP contribution in [0.5, 0.6) is 0 Å². The van der Waals surface area contributed by atoms with Crippen molar-refractivity contribution in [3.63, 3.8) is 0 Å². The van der Waals surface area contributed by atoms with Crippen molar-refractivity contribution in [2.24, 2.45) is 5.92 Å². The Morgan fingerprint density at radius 1 is 0.646 bits per heavy atom. The zero-order valence-electron chi connectivity index (χ0n) is 27.2. The van der Waals surface area contributed by atoms with E-state index in [4.69, 9.17) is 0 Å². The molecule has 5 atom stereocenters. The Hall–Kier alpha value is -4.67. The SMILES string of the molecule is CSCC[C@H](NC(C)=O)C(=O)N[C@@H](CCC(=O)[O-])C(=O)N[C@@H](CCC(=O)[O-])C(=O)N[C@H](C(=O)N[C@@H](Cc1ccccc1)C(=O)[O-])C(C)C. The van der Waals surface area contributed by atoms with E-state index in [1.165, 1.54) is 18.7 Å². The highest BCUT2D eigenvalue weighted by molar-refractivity contribution is 7.98. The molecule has 0 saturated heterocycles. The summed E-state index contributed by atoms with van der Waals surface area (Å²) in [4.78, 5) is 98.8. The summed E-state index contributed by atoms with van der Waals surface area (Å²) in [6.07, 6.45) is -0.550. The van der Waals surface area contributed by atoms with Crippen LogP contribution in [0.4, 0.5) is 0 Å². The number of hydrogen-bond donors (Lipinski definition) is 5. The lowest BCUT2D eigenvalue weighted by molar-refractivity contribution is -0.309. The van der Waals surface area contributed by atoms with E-state index in [-0.39, 0.29) is 12.8 Å². The molecule has 0 bridgehead atoms. The lowest BCUT2D eigenvalue weighted by Gasteiger charge is -2.29. The van der Waals surface area contributed by atoms with Gasteiger partial charge in [-0.05, 0) is 62.0 Å². The second kappa shape index (κ2) is 21.3. The van der Waals surface area contributed by atoms with Gasteiger partial charge in [-0.3, -0.25) is 24.0 Å². The van der Waals surface area contributed by atoms with Crippen LogP contribution in [0.25, 0.3) is 0 Å². The Morgan fingerprint density at radius 2 is 1.10 bits per heavy atom. The van der Waals surface area contributed by atoms with Gasteiger partial charge in [-0.25, -0.2) is 0 Å². The molecule has 17 heteroatoms. The number of aliphatic carboxylic acids is 3. The van der Waals surface area contributed by atoms with Gasteiger partial charge in [-0.1, -0.05) is 44.2 Å². The molecule has 0 saturated carbocycles. The fourth-order valence-corrected chi connectivity index (χ4v) is 4.92. The molecule has 0 fully saturated rings. The van der Waals surface area contributed by atoms with E-state index in [2.05, 4.69) is 26.6 Å². The Kier molecular flexibility index (Phi) is 18.3. The number of rotatable bonds is 22. The van der Waals surface area contributed by atoms with Crippen LogP contribution < -0.4 is 41.9 Å². The fraction of sp³-hybridized carbons (Fsp3) is 0.548. The van der Waals surface area contributed by atoms with E-state index in [0.29, 0.717) is 11.3 Å². The minimum Gasteiger partial charge on any atom is -0.550 e. The molecule has 1 aromatic carbocycles. The van der Waals surface area contributed by atoms with E-state index >= 15 is 0 Å². The predicted molar refractivity (Wildman–Crippen MR) is 167 cm³/mol. The first kappa shape index (κ1) is 41.4. The molecule has 266 valence electrons. The molecule has 0 aromatic heterocycles. The number of carboxylic acid groups (broad SMARTS) is 3. The maximum atomic E-state index is 13.4. The maximum absolute atomic E-state index is 13.4. The lowest BCUT2D eigenvalue weighted by Crippen LogP contribution is -2.60. The topological polar surface area (TPSA) is 266 Å². The highest BCUT2D eigenvalue weighted by Crippen LogP contribution is 2.09. The first-order valence-electron chi connectivity index (χ1n) is 15.2. The van der Waals surface area contributed by atoms with Gasteiger partial charge >= 0.3 is 0 Å². The highest BCUT2D eigenvalue weighted by Gasteiger charge is 2.32. The van der Waals surface area contributed by atoms with Gasteiger partial charge < -0.3 is 56.3 Å². The molecule has 1 rings (SSSR count). The van der Waals surface area contributed by atoms with E-state index < -0.39 is 109 Å². The molecule has 48 heavy (non-hydrogen) atoms. The first-order valence-corrected chi connectivity index (χ1v) is 16.6. The first-order chi connectivity index (χ1) is 22.5. The molecule has 1 aromatic rings. The van der Waals surface area contributed by atoms with Crippen LogP contribution in [0.15, 0.2) is 30.3 Å². The van der Waals surface area contributed by atoms with Gasteiger partial charge in [0.1, 0.15) is 24.2 Å². The van der Waals surface area contributed by atoms with Gasteiger partial charge in [0, 0.05) is 18.9 Å². The molecular weight excluding hydrogens is 650 g/mol. The summed E-state index contributed by atoms with van der Waals surface area (Å²) in [5, 5.41) is 46.1. The number of carboxylic acids is 3. The van der Waals surface area contributed by atoms with Crippen LogP contribution in [-0.4, -0.2) is 89.7 Å². The van der Waals surface area contributed by atoms with Gasteiger partial charge in [0.05, 0.1) is 12.0 Å². The van der Waals surface area contributed by atoms with Crippen LogP contribution in [0.2, 0.25) is 0 Å². The number of amides is 5. The summed E-state index contributed by atoms with van der Waals surface area (Å²) in [6.45, 7) is 4.30. The summed E-state index contributed by atoms with van der Waals surface area (Å²) in [6, 6.07) is 1.36. The average Bonchev–Trinajstić information content (AvgIpc) is 3.01. The van der Waals surface area contributed by atoms with Crippen molar-refractivity contribution in [2.75, 3.05) is 12.0 Å². The van der Waals surface area contributed by atoms with Crippen molar-refractivity contribution < 1.29 is 53.7 Å². The largest absolute Gasteiger partial charge is 0.550 e. The van der Waals surface area contributed by atoms with Crippen molar-refractivity contribution >= 4 is 59.2 Å². The Labute approximate surface area is 282 Å². The number of hydrogen-bond acceptors (Lipinski definition) is 12. The van der Waals surface area contributed by atoms with Gasteiger partial charge in [0.25, 0.3) is 0 Å². The molecule has 5 N–H and O–H groups in total. The third-order valence-corrected chi connectivity index (χ3v) is 7.62. The van der Waals surface area contributed by atoms with Crippen molar-refractivity contribution in [1.82, 2.24) is 26.6 Å². The van der Waals surface area contributed by atoms with E-state index in [1.807, 2.05) is 0 Å². The van der Waals surface area contributed by atoms with Crippen LogP contribution >= 0.6 is 11.8 Å². The monoisotopic (exact) mass is 692 g/mol. The van der Waals surface area contributed by atoms with Crippen LogP contribution in [0, 0.1) is 5.92 Å². The Morgan fingerprint density at radius 3 is 1.52 bits per heavy atom. The molecule has 5 amide bonds. The van der Waals surface area contributed by atoms with E-state index in [0.717, 1.165) is 0 Å². The van der Waals surface area contributed by atoms with Crippen molar-refractivity contribution in [3.8, 4) is 0 Å². The zero-order valence-corrected chi connectivity index (χ0v) is 28.0. The van der Waals surface area contributed by atoms with Gasteiger partial charge in [0.15, 0.2) is 0 Å². The third-order valence-electron chi connectivity index (χ3n) is 6.98. The van der Waals surface area contributed by atoms with E-state index in [1.54, 1.807) is 50.4 Å². The summed E-state index contributed by atoms with van der Waals surface area (Å²) in [5.74, 6) is -9.13. The van der Waals surface area contributed by atoms with Gasteiger partial charge in [-0.2, -0.15) is 11.8 Å². The van der Waals surface area contributed by atoms with Crippen molar-refractivity contribution in [3.05, 3.63) is 35.9 Å². The fourth-order valence-electron chi connectivity index (χ4n) is 4.45. The standard InChI is InChI=1S/C31H45N5O11S/c1-17(2)26(30(45)35-23(31(46)47)16-19-8-6-5-7-9-19)36-29(44)21(11-13-25(40)41)34-27(42)20(10-12-24(38)39)33-28(43)22(14-15-48-4)32-18(3)37/h5-9,17,20-23,26H,10-16H2,1-4H3,(H,32,37)(H,33,43)(H,34,42)(H,35,45)(H,36,44)(H,38,39)(H,40,41)(H,46,47)/p-3/t20-,21-,22-,23-,26-/m0/s1. The molecule has 0 aliphatic heterocycles. The average molecular weight is 693 g/mol. The number of carbonyl (C=O) groups is 8. The Bertz CT molecular complexity index is 1290. The number of nitrogens with one attached hydrogen (secondary N) is 5. The molecule has 0 aliphatic rings. The summed E-state index contributed by atoms with van der Waals surface area (Å²) >= 11 is 1.39. The third kappa shape index (κ3) is 15.8. The summed E-state index contributed by atoms with van der Waals surface area (Å²) in [5.41, 5.74) is 0.593. The number of thioether (sulfide) groups is 1. The number of benzene rings is 1. The predicted octanol–water partition coefficient (Wildman–Crippen LogP) is -4.11. The van der Waals surface area contributed by atoms with E-state index in [9.17, 15) is 53.7 Å². The van der Waals surface area contributed by atoms with Gasteiger partial charge in [0.2, 0.25) is 29.5 Å². The quantitative estimate of drug-likeness (QED) is 0.0776. The summed E-state index contributed by atoms with van der Waals surface area (Å²) < 4.78 is 0.